The number of aromatic nitrogens is 1. The number of thiazole rings is 1. The Balaban J connectivity index is 1.80. The smallest absolute Gasteiger partial charge is 0.170 e. The van der Waals surface area contributed by atoms with Crippen molar-refractivity contribution >= 4 is 17.6 Å². The van der Waals surface area contributed by atoms with Crippen molar-refractivity contribution in [2.45, 2.75) is 6.61 Å². The molecule has 0 aliphatic carbocycles. The number of hydrogen-bond acceptors (Lipinski definition) is 6. The minimum absolute atomic E-state index is 0.285. The summed E-state index contributed by atoms with van der Waals surface area (Å²) in [5, 5.41) is 2.75. The van der Waals surface area contributed by atoms with Gasteiger partial charge in [-0.3, -0.25) is 4.79 Å². The summed E-state index contributed by atoms with van der Waals surface area (Å²) in [6.45, 7) is 0.285. The van der Waals surface area contributed by atoms with Crippen molar-refractivity contribution in [3.8, 4) is 27.8 Å². The standard InChI is InChI=1S/C19H17NO4S/c1-22-17-9-5-7-15(18(17)23-2)19-20-14(12-25-19)11-24-16-8-4-3-6-13(16)10-21/h3-10,12H,11H2,1-2H3. The van der Waals surface area contributed by atoms with Crippen molar-refractivity contribution in [3.05, 3.63) is 59.1 Å². The quantitative estimate of drug-likeness (QED) is 0.594. The van der Waals surface area contributed by atoms with Crippen molar-refractivity contribution in [1.29, 1.82) is 0 Å². The molecule has 3 aromatic rings. The lowest BCUT2D eigenvalue weighted by Gasteiger charge is -2.10. The van der Waals surface area contributed by atoms with Crippen LogP contribution in [0.1, 0.15) is 16.1 Å². The SMILES string of the molecule is COc1cccc(-c2nc(COc3ccccc3C=O)cs2)c1OC. The van der Waals surface area contributed by atoms with Gasteiger partial charge in [0.1, 0.15) is 17.4 Å². The Morgan fingerprint density at radius 3 is 2.60 bits per heavy atom. The van der Waals surface area contributed by atoms with Crippen LogP contribution in [0.15, 0.2) is 47.8 Å². The second-order valence-electron chi connectivity index (χ2n) is 5.13. The minimum atomic E-state index is 0.285. The van der Waals surface area contributed by atoms with Crippen LogP contribution in [0.25, 0.3) is 10.6 Å². The zero-order chi connectivity index (χ0) is 17.6. The van der Waals surface area contributed by atoms with E-state index < -0.39 is 0 Å². The summed E-state index contributed by atoms with van der Waals surface area (Å²) >= 11 is 1.50. The van der Waals surface area contributed by atoms with Gasteiger partial charge in [0, 0.05) is 5.38 Å². The highest BCUT2D eigenvalue weighted by molar-refractivity contribution is 7.13. The molecule has 25 heavy (non-hydrogen) atoms. The third kappa shape index (κ3) is 3.64. The average Bonchev–Trinajstić information content (AvgIpc) is 3.14. The van der Waals surface area contributed by atoms with Gasteiger partial charge >= 0.3 is 0 Å². The highest BCUT2D eigenvalue weighted by Gasteiger charge is 2.15. The molecule has 0 aliphatic heterocycles. The van der Waals surface area contributed by atoms with E-state index in [4.69, 9.17) is 14.2 Å². The Bertz CT molecular complexity index is 875. The number of carbonyl (C=O) groups is 1. The largest absolute Gasteiger partial charge is 0.493 e. The molecular formula is C19H17NO4S. The van der Waals surface area contributed by atoms with Gasteiger partial charge in [-0.1, -0.05) is 18.2 Å². The predicted molar refractivity (Wildman–Crippen MR) is 96.8 cm³/mol. The normalized spacial score (nSPS) is 10.3. The zero-order valence-corrected chi connectivity index (χ0v) is 14.7. The van der Waals surface area contributed by atoms with E-state index in [0.717, 1.165) is 22.6 Å². The summed E-state index contributed by atoms with van der Waals surface area (Å²) in [5.74, 6) is 1.86. The van der Waals surface area contributed by atoms with Gasteiger partial charge in [-0.25, -0.2) is 4.98 Å². The van der Waals surface area contributed by atoms with Gasteiger partial charge in [-0.05, 0) is 24.3 Å². The number of carbonyl (C=O) groups excluding carboxylic acids is 1. The first-order valence-corrected chi connectivity index (χ1v) is 8.47. The lowest BCUT2D eigenvalue weighted by atomic mass is 10.2. The molecule has 0 fully saturated rings. The molecule has 5 nitrogen and oxygen atoms in total. The van der Waals surface area contributed by atoms with E-state index in [1.165, 1.54) is 11.3 Å². The molecule has 1 heterocycles. The van der Waals surface area contributed by atoms with Crippen LogP contribution in [-0.4, -0.2) is 25.5 Å². The number of benzene rings is 2. The Kier molecular flexibility index (Phi) is 5.30. The summed E-state index contributed by atoms with van der Waals surface area (Å²) in [6, 6.07) is 12.8. The van der Waals surface area contributed by atoms with Gasteiger partial charge in [0.2, 0.25) is 0 Å². The maximum Gasteiger partial charge on any atom is 0.170 e. The van der Waals surface area contributed by atoms with E-state index in [0.29, 0.717) is 22.8 Å². The fraction of sp³-hybridized carbons (Fsp3) is 0.158. The molecule has 3 rings (SSSR count). The summed E-state index contributed by atoms with van der Waals surface area (Å²) < 4.78 is 16.5. The summed E-state index contributed by atoms with van der Waals surface area (Å²) in [5.41, 5.74) is 2.17. The summed E-state index contributed by atoms with van der Waals surface area (Å²) in [7, 11) is 3.21. The molecule has 128 valence electrons. The summed E-state index contributed by atoms with van der Waals surface area (Å²) in [6.07, 6.45) is 0.781. The zero-order valence-electron chi connectivity index (χ0n) is 13.9. The maximum atomic E-state index is 11.0. The van der Waals surface area contributed by atoms with Crippen LogP contribution >= 0.6 is 11.3 Å². The Labute approximate surface area is 149 Å². The lowest BCUT2D eigenvalue weighted by Crippen LogP contribution is -1.98. The highest BCUT2D eigenvalue weighted by Crippen LogP contribution is 2.39. The van der Waals surface area contributed by atoms with Crippen molar-refractivity contribution < 1.29 is 19.0 Å². The van der Waals surface area contributed by atoms with Crippen LogP contribution in [0.3, 0.4) is 0 Å². The number of rotatable bonds is 7. The van der Waals surface area contributed by atoms with Crippen molar-refractivity contribution in [1.82, 2.24) is 4.98 Å². The van der Waals surface area contributed by atoms with Crippen LogP contribution in [0, 0.1) is 0 Å². The second kappa shape index (κ2) is 7.81. The molecule has 0 bridgehead atoms. The number of hydrogen-bond donors (Lipinski definition) is 0. The van der Waals surface area contributed by atoms with Crippen LogP contribution in [-0.2, 0) is 6.61 Å². The van der Waals surface area contributed by atoms with Gasteiger partial charge in [0.05, 0.1) is 31.0 Å². The first kappa shape index (κ1) is 17.0. The molecule has 0 N–H and O–H groups in total. The highest BCUT2D eigenvalue weighted by atomic mass is 32.1. The van der Waals surface area contributed by atoms with E-state index in [2.05, 4.69) is 4.98 Å². The van der Waals surface area contributed by atoms with Crippen molar-refractivity contribution in [2.24, 2.45) is 0 Å². The third-order valence-corrected chi connectivity index (χ3v) is 4.53. The topological polar surface area (TPSA) is 57.7 Å². The molecule has 0 aliphatic rings. The number of para-hydroxylation sites is 2. The monoisotopic (exact) mass is 355 g/mol. The average molecular weight is 355 g/mol. The van der Waals surface area contributed by atoms with Crippen LogP contribution < -0.4 is 14.2 Å². The van der Waals surface area contributed by atoms with Crippen molar-refractivity contribution in [2.75, 3.05) is 14.2 Å². The molecule has 0 atom stereocenters. The maximum absolute atomic E-state index is 11.0. The van der Waals surface area contributed by atoms with Gasteiger partial charge in [-0.15, -0.1) is 11.3 Å². The number of nitrogens with zero attached hydrogens (tertiary/aromatic N) is 1. The molecule has 0 unspecified atom stereocenters. The first-order chi connectivity index (χ1) is 12.3. The van der Waals surface area contributed by atoms with E-state index in [-0.39, 0.29) is 6.61 Å². The molecule has 2 aromatic carbocycles. The molecule has 6 heteroatoms. The minimum Gasteiger partial charge on any atom is -0.493 e. The van der Waals surface area contributed by atoms with Gasteiger partial charge in [-0.2, -0.15) is 0 Å². The van der Waals surface area contributed by atoms with Crippen LogP contribution in [0.5, 0.6) is 17.2 Å². The molecule has 0 saturated carbocycles. The molecule has 0 amide bonds. The van der Waals surface area contributed by atoms with E-state index in [1.807, 2.05) is 29.6 Å². The molecular weight excluding hydrogens is 338 g/mol. The van der Waals surface area contributed by atoms with Crippen LogP contribution in [0.4, 0.5) is 0 Å². The Morgan fingerprint density at radius 1 is 1.04 bits per heavy atom. The van der Waals surface area contributed by atoms with E-state index in [1.54, 1.807) is 32.4 Å². The molecule has 0 spiro atoms. The Morgan fingerprint density at radius 2 is 1.84 bits per heavy atom. The Hall–Kier alpha value is -2.86. The van der Waals surface area contributed by atoms with E-state index in [9.17, 15) is 4.79 Å². The number of ether oxygens (including phenoxy) is 3. The van der Waals surface area contributed by atoms with Gasteiger partial charge in [0.15, 0.2) is 17.8 Å². The first-order valence-electron chi connectivity index (χ1n) is 7.59. The van der Waals surface area contributed by atoms with Crippen LogP contribution in [0.2, 0.25) is 0 Å². The fourth-order valence-corrected chi connectivity index (χ4v) is 3.24. The molecule has 1 aromatic heterocycles. The molecule has 0 saturated heterocycles. The number of aldehydes is 1. The third-order valence-electron chi connectivity index (χ3n) is 3.61. The van der Waals surface area contributed by atoms with Gasteiger partial charge < -0.3 is 14.2 Å². The van der Waals surface area contributed by atoms with Gasteiger partial charge in [0.25, 0.3) is 0 Å². The summed E-state index contributed by atoms with van der Waals surface area (Å²) in [4.78, 5) is 15.6. The number of methoxy groups -OCH3 is 2. The fourth-order valence-electron chi connectivity index (χ4n) is 2.41. The van der Waals surface area contributed by atoms with E-state index >= 15 is 0 Å². The predicted octanol–water partition coefficient (Wildman–Crippen LogP) is 4.22. The lowest BCUT2D eigenvalue weighted by molar-refractivity contribution is 0.111. The second-order valence-corrected chi connectivity index (χ2v) is 5.99. The molecule has 0 radical (unpaired) electrons. The van der Waals surface area contributed by atoms with Crippen molar-refractivity contribution in [3.63, 3.8) is 0 Å².